The Bertz CT molecular complexity index is 523. The molecule has 0 bridgehead atoms. The lowest BCUT2D eigenvalue weighted by molar-refractivity contribution is 0.100. The Balaban J connectivity index is 2.56. The number of carbonyl (C=O) groups is 1. The fourth-order valence-corrected chi connectivity index (χ4v) is 1.74. The molecule has 0 saturated carbocycles. The zero-order valence-electron chi connectivity index (χ0n) is 8.48. The van der Waals surface area contributed by atoms with E-state index >= 15 is 0 Å². The highest BCUT2D eigenvalue weighted by molar-refractivity contribution is 6.33. The van der Waals surface area contributed by atoms with E-state index in [2.05, 4.69) is 0 Å². The van der Waals surface area contributed by atoms with Gasteiger partial charge >= 0.3 is 0 Å². The van der Waals surface area contributed by atoms with Crippen molar-refractivity contribution < 1.29 is 4.79 Å². The van der Waals surface area contributed by atoms with Crippen molar-refractivity contribution in [2.75, 3.05) is 0 Å². The lowest BCUT2D eigenvalue weighted by Gasteiger charge is -2.05. The van der Waals surface area contributed by atoms with Gasteiger partial charge in [0.25, 0.3) is 0 Å². The topological polar surface area (TPSA) is 43.1 Å². The van der Waals surface area contributed by atoms with Gasteiger partial charge in [0.15, 0.2) is 0 Å². The average molecular weight is 232 g/mol. The largest absolute Gasteiger partial charge is 0.366 e. The fourth-order valence-electron chi connectivity index (χ4n) is 1.52. The molecule has 0 atom stereocenters. The molecule has 2 rings (SSSR count). The van der Waals surface area contributed by atoms with Crippen LogP contribution >= 0.6 is 11.6 Å². The first-order chi connectivity index (χ1) is 7.68. The van der Waals surface area contributed by atoms with Crippen LogP contribution in [0.1, 0.15) is 10.4 Å². The number of hydrogen-bond donors (Lipinski definition) is 1. The van der Waals surface area contributed by atoms with Crippen LogP contribution in [-0.4, -0.2) is 5.91 Å². The first kappa shape index (κ1) is 10.7. The monoisotopic (exact) mass is 231 g/mol. The van der Waals surface area contributed by atoms with Gasteiger partial charge in [-0.1, -0.05) is 41.9 Å². The van der Waals surface area contributed by atoms with Gasteiger partial charge in [-0.3, -0.25) is 4.79 Å². The van der Waals surface area contributed by atoms with Crippen LogP contribution in [0.25, 0.3) is 11.1 Å². The summed E-state index contributed by atoms with van der Waals surface area (Å²) in [7, 11) is 0. The number of halogens is 1. The van der Waals surface area contributed by atoms with E-state index in [-0.39, 0.29) is 0 Å². The van der Waals surface area contributed by atoms with Crippen LogP contribution in [0.4, 0.5) is 0 Å². The molecule has 80 valence electrons. The van der Waals surface area contributed by atoms with Gasteiger partial charge in [0.1, 0.15) is 0 Å². The molecule has 0 aliphatic rings. The average Bonchev–Trinajstić information content (AvgIpc) is 2.30. The number of carbonyl (C=O) groups excluding carboxylic acids is 1. The maximum Gasteiger partial charge on any atom is 0.248 e. The number of primary amides is 1. The summed E-state index contributed by atoms with van der Waals surface area (Å²) in [5.41, 5.74) is 7.48. The third kappa shape index (κ3) is 2.07. The van der Waals surface area contributed by atoms with Crippen LogP contribution in [0.3, 0.4) is 0 Å². The molecular weight excluding hydrogens is 222 g/mol. The van der Waals surface area contributed by atoms with Crippen LogP contribution < -0.4 is 5.73 Å². The molecule has 0 spiro atoms. The Morgan fingerprint density at radius 2 is 1.75 bits per heavy atom. The molecule has 2 N–H and O–H groups in total. The molecule has 0 saturated heterocycles. The molecule has 0 unspecified atom stereocenters. The molecule has 2 aromatic carbocycles. The zero-order chi connectivity index (χ0) is 11.5. The van der Waals surface area contributed by atoms with Gasteiger partial charge < -0.3 is 5.73 Å². The van der Waals surface area contributed by atoms with E-state index < -0.39 is 5.91 Å². The zero-order valence-corrected chi connectivity index (χ0v) is 9.24. The Labute approximate surface area is 98.7 Å². The third-order valence-corrected chi connectivity index (χ3v) is 2.67. The standard InChI is InChI=1S/C13H10ClNO/c14-12-7-6-10(13(15)16)8-11(12)9-4-2-1-3-5-9/h1-8H,(H2,15,16). The normalized spacial score (nSPS) is 10.1. The molecule has 16 heavy (non-hydrogen) atoms. The minimum absolute atomic E-state index is 0.450. The van der Waals surface area contributed by atoms with E-state index in [0.717, 1.165) is 11.1 Å². The van der Waals surface area contributed by atoms with Crippen molar-refractivity contribution in [1.82, 2.24) is 0 Å². The van der Waals surface area contributed by atoms with Crippen molar-refractivity contribution in [2.45, 2.75) is 0 Å². The summed E-state index contributed by atoms with van der Waals surface area (Å²) in [4.78, 5) is 11.1. The second kappa shape index (κ2) is 4.37. The van der Waals surface area contributed by atoms with Gasteiger partial charge in [-0.2, -0.15) is 0 Å². The number of hydrogen-bond acceptors (Lipinski definition) is 1. The van der Waals surface area contributed by atoms with Gasteiger partial charge in [-0.15, -0.1) is 0 Å². The predicted molar refractivity (Wildman–Crippen MR) is 65.4 cm³/mol. The predicted octanol–water partition coefficient (Wildman–Crippen LogP) is 3.11. The summed E-state index contributed by atoms with van der Waals surface area (Å²) in [6.07, 6.45) is 0. The number of nitrogens with two attached hydrogens (primary N) is 1. The van der Waals surface area contributed by atoms with Gasteiger partial charge in [0.2, 0.25) is 5.91 Å². The summed E-state index contributed by atoms with van der Waals surface area (Å²) >= 11 is 6.08. The van der Waals surface area contributed by atoms with Crippen LogP contribution in [0.15, 0.2) is 48.5 Å². The van der Waals surface area contributed by atoms with Gasteiger partial charge in [0, 0.05) is 16.1 Å². The smallest absolute Gasteiger partial charge is 0.248 e. The van der Waals surface area contributed by atoms with Crippen LogP contribution in [0.5, 0.6) is 0 Å². The van der Waals surface area contributed by atoms with Crippen molar-refractivity contribution in [3.63, 3.8) is 0 Å². The van der Waals surface area contributed by atoms with Crippen LogP contribution in [0.2, 0.25) is 5.02 Å². The summed E-state index contributed by atoms with van der Waals surface area (Å²) in [5, 5.41) is 0.608. The highest BCUT2D eigenvalue weighted by Crippen LogP contribution is 2.28. The van der Waals surface area contributed by atoms with E-state index in [0.29, 0.717) is 10.6 Å². The molecule has 2 aromatic rings. The molecular formula is C13H10ClNO. The van der Waals surface area contributed by atoms with E-state index in [1.54, 1.807) is 18.2 Å². The summed E-state index contributed by atoms with van der Waals surface area (Å²) in [5.74, 6) is -0.450. The molecule has 1 amide bonds. The Morgan fingerprint density at radius 3 is 2.38 bits per heavy atom. The minimum atomic E-state index is -0.450. The molecule has 2 nitrogen and oxygen atoms in total. The molecule has 0 fully saturated rings. The van der Waals surface area contributed by atoms with Crippen molar-refractivity contribution in [1.29, 1.82) is 0 Å². The maximum atomic E-state index is 11.1. The van der Waals surface area contributed by atoms with Crippen LogP contribution in [-0.2, 0) is 0 Å². The Morgan fingerprint density at radius 1 is 1.06 bits per heavy atom. The first-order valence-corrected chi connectivity index (χ1v) is 5.21. The number of rotatable bonds is 2. The minimum Gasteiger partial charge on any atom is -0.366 e. The molecule has 0 heterocycles. The fraction of sp³-hybridized carbons (Fsp3) is 0. The molecule has 0 aliphatic heterocycles. The maximum absolute atomic E-state index is 11.1. The molecule has 3 heteroatoms. The second-order valence-electron chi connectivity index (χ2n) is 3.42. The number of amides is 1. The van der Waals surface area contributed by atoms with Crippen molar-refractivity contribution in [2.24, 2.45) is 5.73 Å². The van der Waals surface area contributed by atoms with Gasteiger partial charge in [0.05, 0.1) is 0 Å². The summed E-state index contributed by atoms with van der Waals surface area (Å²) < 4.78 is 0. The Kier molecular flexibility index (Phi) is 2.93. The molecule has 0 radical (unpaired) electrons. The van der Waals surface area contributed by atoms with E-state index in [4.69, 9.17) is 17.3 Å². The summed E-state index contributed by atoms with van der Waals surface area (Å²) in [6, 6.07) is 14.7. The number of benzene rings is 2. The highest BCUT2D eigenvalue weighted by Gasteiger charge is 2.07. The van der Waals surface area contributed by atoms with E-state index in [1.165, 1.54) is 0 Å². The summed E-state index contributed by atoms with van der Waals surface area (Å²) in [6.45, 7) is 0. The van der Waals surface area contributed by atoms with Crippen molar-refractivity contribution in [3.05, 3.63) is 59.1 Å². The van der Waals surface area contributed by atoms with E-state index in [1.807, 2.05) is 30.3 Å². The van der Waals surface area contributed by atoms with Crippen molar-refractivity contribution in [3.8, 4) is 11.1 Å². The SMILES string of the molecule is NC(=O)c1ccc(Cl)c(-c2ccccc2)c1. The molecule has 0 aromatic heterocycles. The van der Waals surface area contributed by atoms with Crippen molar-refractivity contribution >= 4 is 17.5 Å². The highest BCUT2D eigenvalue weighted by atomic mass is 35.5. The lowest BCUT2D eigenvalue weighted by Crippen LogP contribution is -2.10. The first-order valence-electron chi connectivity index (χ1n) is 4.83. The quantitative estimate of drug-likeness (QED) is 0.848. The second-order valence-corrected chi connectivity index (χ2v) is 3.83. The Hall–Kier alpha value is -1.80. The lowest BCUT2D eigenvalue weighted by atomic mass is 10.0. The van der Waals surface area contributed by atoms with E-state index in [9.17, 15) is 4.79 Å². The van der Waals surface area contributed by atoms with Gasteiger partial charge in [-0.05, 0) is 23.8 Å². The van der Waals surface area contributed by atoms with Crippen LogP contribution in [0, 0.1) is 0 Å². The van der Waals surface area contributed by atoms with Gasteiger partial charge in [-0.25, -0.2) is 0 Å². The third-order valence-electron chi connectivity index (χ3n) is 2.34. The molecule has 0 aliphatic carbocycles.